The van der Waals surface area contributed by atoms with E-state index in [1.54, 1.807) is 0 Å². The third-order valence-electron chi connectivity index (χ3n) is 2.62. The van der Waals surface area contributed by atoms with Gasteiger partial charge in [0, 0.05) is 5.33 Å². The summed E-state index contributed by atoms with van der Waals surface area (Å²) in [5.41, 5.74) is 0.609. The van der Waals surface area contributed by atoms with Crippen LogP contribution in [0.3, 0.4) is 0 Å². The highest BCUT2D eigenvalue weighted by Crippen LogP contribution is 2.36. The topological polar surface area (TPSA) is 0 Å². The largest absolute Gasteiger partial charge is 0.0922 e. The molecule has 0 atom stereocenters. The molecular weight excluding hydrogens is 212 g/mol. The fourth-order valence-electron chi connectivity index (χ4n) is 2.17. The Kier molecular flexibility index (Phi) is 7.22. The first-order valence-corrected chi connectivity index (χ1v) is 6.42. The normalized spacial score (nSPS) is 12.0. The van der Waals surface area contributed by atoms with Crippen LogP contribution in [-0.2, 0) is 0 Å². The van der Waals surface area contributed by atoms with E-state index in [1.807, 2.05) is 0 Å². The van der Waals surface area contributed by atoms with Gasteiger partial charge in [-0.15, -0.1) is 0 Å². The standard InChI is InChI=1S/C11H23Br/c1-4-7-11(10-12,8-5-2)9-6-3/h4-10H2,1-3H3. The zero-order valence-electron chi connectivity index (χ0n) is 8.83. The van der Waals surface area contributed by atoms with E-state index >= 15 is 0 Å². The van der Waals surface area contributed by atoms with Gasteiger partial charge in [-0.1, -0.05) is 56.0 Å². The Morgan fingerprint density at radius 3 is 1.33 bits per heavy atom. The predicted octanol–water partition coefficient (Wildman–Crippen LogP) is 4.77. The Hall–Kier alpha value is 0.480. The summed E-state index contributed by atoms with van der Waals surface area (Å²) < 4.78 is 0. The van der Waals surface area contributed by atoms with Crippen molar-refractivity contribution in [2.24, 2.45) is 5.41 Å². The lowest BCUT2D eigenvalue weighted by molar-refractivity contribution is 0.251. The molecule has 0 saturated carbocycles. The highest BCUT2D eigenvalue weighted by molar-refractivity contribution is 9.09. The summed E-state index contributed by atoms with van der Waals surface area (Å²) in [6.07, 6.45) is 8.14. The second kappa shape index (κ2) is 6.94. The van der Waals surface area contributed by atoms with Gasteiger partial charge in [0.2, 0.25) is 0 Å². The van der Waals surface area contributed by atoms with Crippen molar-refractivity contribution in [3.8, 4) is 0 Å². The molecular formula is C11H23Br. The van der Waals surface area contributed by atoms with Crippen molar-refractivity contribution < 1.29 is 0 Å². The van der Waals surface area contributed by atoms with Crippen LogP contribution in [0, 0.1) is 5.41 Å². The lowest BCUT2D eigenvalue weighted by Crippen LogP contribution is -2.22. The van der Waals surface area contributed by atoms with Crippen LogP contribution >= 0.6 is 15.9 Å². The third kappa shape index (κ3) is 3.93. The van der Waals surface area contributed by atoms with Gasteiger partial charge in [0.25, 0.3) is 0 Å². The van der Waals surface area contributed by atoms with Gasteiger partial charge < -0.3 is 0 Å². The van der Waals surface area contributed by atoms with Crippen molar-refractivity contribution in [1.82, 2.24) is 0 Å². The quantitative estimate of drug-likeness (QED) is 0.557. The van der Waals surface area contributed by atoms with E-state index in [-0.39, 0.29) is 0 Å². The lowest BCUT2D eigenvalue weighted by atomic mass is 9.78. The molecule has 0 aliphatic heterocycles. The van der Waals surface area contributed by atoms with Gasteiger partial charge in [-0.3, -0.25) is 0 Å². The molecule has 0 aromatic carbocycles. The Morgan fingerprint density at radius 2 is 1.17 bits per heavy atom. The first kappa shape index (κ1) is 12.5. The average Bonchev–Trinajstić information content (AvgIpc) is 2.06. The molecule has 0 rings (SSSR count). The molecule has 0 saturated heterocycles. The number of halogens is 1. The SMILES string of the molecule is CCCC(CBr)(CCC)CCC. The molecule has 0 aromatic rings. The maximum absolute atomic E-state index is 3.68. The van der Waals surface area contributed by atoms with Crippen LogP contribution in [0.4, 0.5) is 0 Å². The van der Waals surface area contributed by atoms with Crippen molar-refractivity contribution >= 4 is 15.9 Å². The number of hydrogen-bond acceptors (Lipinski definition) is 0. The van der Waals surface area contributed by atoms with Gasteiger partial charge in [0.05, 0.1) is 0 Å². The summed E-state index contributed by atoms with van der Waals surface area (Å²) in [6, 6.07) is 0. The molecule has 74 valence electrons. The predicted molar refractivity (Wildman–Crippen MR) is 61.0 cm³/mol. The molecule has 0 aromatic heterocycles. The molecule has 0 fully saturated rings. The second-order valence-electron chi connectivity index (χ2n) is 3.88. The van der Waals surface area contributed by atoms with E-state index in [1.165, 1.54) is 43.9 Å². The van der Waals surface area contributed by atoms with Crippen molar-refractivity contribution in [3.63, 3.8) is 0 Å². The highest BCUT2D eigenvalue weighted by atomic mass is 79.9. The van der Waals surface area contributed by atoms with E-state index in [4.69, 9.17) is 0 Å². The summed E-state index contributed by atoms with van der Waals surface area (Å²) >= 11 is 3.68. The first-order valence-electron chi connectivity index (χ1n) is 5.30. The smallest absolute Gasteiger partial charge is 0.00879 e. The molecule has 0 spiro atoms. The zero-order valence-corrected chi connectivity index (χ0v) is 10.4. The number of hydrogen-bond donors (Lipinski definition) is 0. The highest BCUT2D eigenvalue weighted by Gasteiger charge is 2.25. The van der Waals surface area contributed by atoms with E-state index in [2.05, 4.69) is 36.7 Å². The maximum Gasteiger partial charge on any atom is 0.00879 e. The van der Waals surface area contributed by atoms with Gasteiger partial charge in [0.1, 0.15) is 0 Å². The summed E-state index contributed by atoms with van der Waals surface area (Å²) in [4.78, 5) is 0. The van der Waals surface area contributed by atoms with Crippen LogP contribution in [0.5, 0.6) is 0 Å². The molecule has 0 aliphatic rings. The molecule has 1 heteroatoms. The lowest BCUT2D eigenvalue weighted by Gasteiger charge is -2.31. The molecule has 0 aliphatic carbocycles. The van der Waals surface area contributed by atoms with Gasteiger partial charge in [-0.25, -0.2) is 0 Å². The zero-order chi connectivity index (χ0) is 9.45. The van der Waals surface area contributed by atoms with Crippen molar-refractivity contribution in [2.75, 3.05) is 5.33 Å². The minimum Gasteiger partial charge on any atom is -0.0922 e. The van der Waals surface area contributed by atoms with Crippen molar-refractivity contribution in [2.45, 2.75) is 59.3 Å². The molecule has 0 unspecified atom stereocenters. The average molecular weight is 235 g/mol. The molecule has 12 heavy (non-hydrogen) atoms. The Labute approximate surface area is 86.3 Å². The van der Waals surface area contributed by atoms with E-state index < -0.39 is 0 Å². The second-order valence-corrected chi connectivity index (χ2v) is 4.44. The molecule has 0 amide bonds. The van der Waals surface area contributed by atoms with Crippen LogP contribution < -0.4 is 0 Å². The molecule has 0 bridgehead atoms. The molecule has 0 radical (unpaired) electrons. The van der Waals surface area contributed by atoms with Gasteiger partial charge in [-0.05, 0) is 24.7 Å². The molecule has 0 heterocycles. The Bertz CT molecular complexity index is 82.2. The van der Waals surface area contributed by atoms with E-state index in [9.17, 15) is 0 Å². The van der Waals surface area contributed by atoms with Gasteiger partial charge in [-0.2, -0.15) is 0 Å². The number of rotatable bonds is 7. The summed E-state index contributed by atoms with van der Waals surface area (Å²) in [6.45, 7) is 6.88. The Morgan fingerprint density at radius 1 is 0.833 bits per heavy atom. The van der Waals surface area contributed by atoms with Gasteiger partial charge >= 0.3 is 0 Å². The summed E-state index contributed by atoms with van der Waals surface area (Å²) in [7, 11) is 0. The Balaban J connectivity index is 4.06. The number of alkyl halides is 1. The van der Waals surface area contributed by atoms with Crippen LogP contribution in [0.2, 0.25) is 0 Å². The summed E-state index contributed by atoms with van der Waals surface area (Å²) in [5.74, 6) is 0. The molecule has 0 nitrogen and oxygen atoms in total. The maximum atomic E-state index is 3.68. The third-order valence-corrected chi connectivity index (χ3v) is 3.81. The first-order chi connectivity index (χ1) is 5.74. The van der Waals surface area contributed by atoms with Crippen molar-refractivity contribution in [3.05, 3.63) is 0 Å². The monoisotopic (exact) mass is 234 g/mol. The van der Waals surface area contributed by atoms with Crippen LogP contribution in [0.15, 0.2) is 0 Å². The minimum atomic E-state index is 0.609. The van der Waals surface area contributed by atoms with Crippen LogP contribution in [-0.4, -0.2) is 5.33 Å². The minimum absolute atomic E-state index is 0.609. The van der Waals surface area contributed by atoms with Crippen LogP contribution in [0.25, 0.3) is 0 Å². The van der Waals surface area contributed by atoms with E-state index in [0.29, 0.717) is 5.41 Å². The van der Waals surface area contributed by atoms with Gasteiger partial charge in [0.15, 0.2) is 0 Å². The summed E-state index contributed by atoms with van der Waals surface area (Å²) in [5, 5.41) is 1.19. The fraction of sp³-hybridized carbons (Fsp3) is 1.00. The fourth-order valence-corrected chi connectivity index (χ4v) is 3.01. The molecule has 0 N–H and O–H groups in total. The van der Waals surface area contributed by atoms with Crippen LogP contribution in [0.1, 0.15) is 59.3 Å². The van der Waals surface area contributed by atoms with Crippen molar-refractivity contribution in [1.29, 1.82) is 0 Å². The van der Waals surface area contributed by atoms with E-state index in [0.717, 1.165) is 0 Å².